The predicted molar refractivity (Wildman–Crippen MR) is 86.8 cm³/mol. The van der Waals surface area contributed by atoms with E-state index in [2.05, 4.69) is 20.8 Å². The number of aromatic nitrogens is 4. The van der Waals surface area contributed by atoms with Crippen LogP contribution in [-0.2, 0) is 13.6 Å². The summed E-state index contributed by atoms with van der Waals surface area (Å²) in [5.74, 6) is -0.107. The first-order chi connectivity index (χ1) is 12.0. The molecule has 1 aliphatic carbocycles. The molecule has 0 bridgehead atoms. The molecule has 25 heavy (non-hydrogen) atoms. The van der Waals surface area contributed by atoms with Crippen molar-refractivity contribution in [2.75, 3.05) is 5.32 Å². The number of nitrogens with one attached hydrogen (secondary N) is 2. The number of alkyl halides is 2. The molecule has 2 aliphatic rings. The summed E-state index contributed by atoms with van der Waals surface area (Å²) in [5, 5.41) is 13.8. The summed E-state index contributed by atoms with van der Waals surface area (Å²) in [5.41, 5.74) is 2.57. The minimum Gasteiger partial charge on any atom is -0.348 e. The van der Waals surface area contributed by atoms with Gasteiger partial charge in [-0.2, -0.15) is 10.2 Å². The Morgan fingerprint density at radius 1 is 1.36 bits per heavy atom. The van der Waals surface area contributed by atoms with E-state index in [9.17, 15) is 13.6 Å². The van der Waals surface area contributed by atoms with Gasteiger partial charge in [-0.15, -0.1) is 0 Å². The minimum atomic E-state index is -2.68. The molecule has 0 spiro atoms. The number of halogens is 2. The van der Waals surface area contributed by atoms with Gasteiger partial charge in [0, 0.05) is 31.0 Å². The lowest BCUT2D eigenvalue weighted by atomic mass is 10.2. The van der Waals surface area contributed by atoms with Crippen molar-refractivity contribution in [3.63, 3.8) is 0 Å². The molecule has 4 rings (SSSR count). The fourth-order valence-corrected chi connectivity index (χ4v) is 2.72. The van der Waals surface area contributed by atoms with Gasteiger partial charge in [0.2, 0.25) is 0 Å². The first-order valence-electron chi connectivity index (χ1n) is 7.86. The molecule has 0 atom stereocenters. The lowest BCUT2D eigenvalue weighted by molar-refractivity contribution is 0.0951. The number of fused-ring (bicyclic) bond motifs is 1. The zero-order valence-electron chi connectivity index (χ0n) is 13.5. The van der Waals surface area contributed by atoms with Crippen molar-refractivity contribution < 1.29 is 13.6 Å². The Kier molecular flexibility index (Phi) is 3.63. The average Bonchev–Trinajstić information content (AvgIpc) is 3.22. The number of allylic oxidation sites excluding steroid dienone is 3. The van der Waals surface area contributed by atoms with Crippen LogP contribution in [0.5, 0.6) is 0 Å². The van der Waals surface area contributed by atoms with Gasteiger partial charge in [0.15, 0.2) is 0 Å². The van der Waals surface area contributed by atoms with Crippen LogP contribution in [0.4, 0.5) is 14.6 Å². The van der Waals surface area contributed by atoms with E-state index in [0.29, 0.717) is 12.2 Å². The largest absolute Gasteiger partial charge is 0.348 e. The van der Waals surface area contributed by atoms with Crippen LogP contribution in [-0.4, -0.2) is 31.9 Å². The third kappa shape index (κ3) is 2.92. The predicted octanol–water partition coefficient (Wildman–Crippen LogP) is 2.13. The molecule has 1 amide bonds. The molecule has 9 heteroatoms. The molecule has 3 heterocycles. The highest BCUT2D eigenvalue weighted by Gasteiger charge is 2.30. The summed E-state index contributed by atoms with van der Waals surface area (Å²) in [6.07, 6.45) is 5.24. The third-order valence-corrected chi connectivity index (χ3v) is 4.12. The molecule has 1 aliphatic heterocycles. The molecule has 7 nitrogen and oxygen atoms in total. The number of aryl methyl sites for hydroxylation is 1. The first kappa shape index (κ1) is 15.6. The van der Waals surface area contributed by atoms with Crippen molar-refractivity contribution in [1.82, 2.24) is 24.9 Å². The van der Waals surface area contributed by atoms with Crippen molar-refractivity contribution in [1.29, 1.82) is 0 Å². The Balaban J connectivity index is 1.59. The number of rotatable bonds is 4. The lowest BCUT2D eigenvalue weighted by Gasteiger charge is -2.20. The molecule has 2 aromatic heterocycles. The van der Waals surface area contributed by atoms with Gasteiger partial charge >= 0.3 is 0 Å². The minimum absolute atomic E-state index is 0.227. The number of nitrogens with zero attached hydrogens (tertiary/aromatic N) is 4. The van der Waals surface area contributed by atoms with Crippen LogP contribution in [0, 0.1) is 0 Å². The zero-order chi connectivity index (χ0) is 17.6. The van der Waals surface area contributed by atoms with E-state index >= 15 is 0 Å². The van der Waals surface area contributed by atoms with Gasteiger partial charge in [0.25, 0.3) is 12.3 Å². The molecule has 0 radical (unpaired) electrons. The Morgan fingerprint density at radius 3 is 2.80 bits per heavy atom. The van der Waals surface area contributed by atoms with E-state index in [1.807, 2.05) is 0 Å². The number of hydrogen-bond acceptors (Lipinski definition) is 4. The second kappa shape index (κ2) is 5.83. The van der Waals surface area contributed by atoms with Gasteiger partial charge in [-0.05, 0) is 24.5 Å². The van der Waals surface area contributed by atoms with Crippen LogP contribution in [0.1, 0.15) is 28.8 Å². The summed E-state index contributed by atoms with van der Waals surface area (Å²) in [7, 11) is 1.79. The maximum absolute atomic E-state index is 13.3. The molecule has 2 aromatic rings. The van der Waals surface area contributed by atoms with E-state index in [1.54, 1.807) is 24.1 Å². The quantitative estimate of drug-likeness (QED) is 0.889. The smallest absolute Gasteiger partial charge is 0.280 e. The van der Waals surface area contributed by atoms with Crippen molar-refractivity contribution in [3.8, 4) is 0 Å². The van der Waals surface area contributed by atoms with E-state index in [1.165, 1.54) is 12.3 Å². The average molecular weight is 346 g/mol. The van der Waals surface area contributed by atoms with Crippen molar-refractivity contribution in [2.45, 2.75) is 25.8 Å². The van der Waals surface area contributed by atoms with Gasteiger partial charge in [-0.1, -0.05) is 0 Å². The standard InChI is InChI=1S/C16H16F2N6O/c1-23-8-9(6-20-23)5-19-16(25)11-7-21-24-13(14(17)18)4-12(10-2-3-10)22-15(11)24/h4,6-8,14,22H,2-3,5H2,1H3,(H,19,25). The van der Waals surface area contributed by atoms with Crippen LogP contribution in [0.3, 0.4) is 0 Å². The van der Waals surface area contributed by atoms with Crippen LogP contribution < -0.4 is 10.6 Å². The van der Waals surface area contributed by atoms with Crippen LogP contribution in [0.2, 0.25) is 0 Å². The molecule has 0 unspecified atom stereocenters. The molecular formula is C16H16F2N6O. The molecule has 130 valence electrons. The topological polar surface area (TPSA) is 76.8 Å². The Bertz CT molecular complexity index is 902. The number of hydrogen-bond donors (Lipinski definition) is 2. The Labute approximate surface area is 142 Å². The number of amides is 1. The van der Waals surface area contributed by atoms with Gasteiger partial charge in [0.05, 0.1) is 12.4 Å². The Morgan fingerprint density at radius 2 is 2.16 bits per heavy atom. The highest BCUT2D eigenvalue weighted by Crippen LogP contribution is 2.38. The summed E-state index contributed by atoms with van der Waals surface area (Å²) in [6.45, 7) is 0.294. The third-order valence-electron chi connectivity index (χ3n) is 4.12. The van der Waals surface area contributed by atoms with Crippen molar-refractivity contribution >= 4 is 17.4 Å². The lowest BCUT2D eigenvalue weighted by Crippen LogP contribution is -2.25. The highest BCUT2D eigenvalue weighted by atomic mass is 19.3. The van der Waals surface area contributed by atoms with Crippen LogP contribution in [0.25, 0.3) is 5.70 Å². The second-order valence-electron chi connectivity index (χ2n) is 6.04. The Hall–Kier alpha value is -2.97. The van der Waals surface area contributed by atoms with Gasteiger partial charge in [-0.25, -0.2) is 13.5 Å². The summed E-state index contributed by atoms with van der Waals surface area (Å²) in [6, 6.07) is 0. The summed E-state index contributed by atoms with van der Waals surface area (Å²) < 4.78 is 29.4. The molecule has 2 N–H and O–H groups in total. The second-order valence-corrected chi connectivity index (χ2v) is 6.04. The zero-order valence-corrected chi connectivity index (χ0v) is 13.5. The van der Waals surface area contributed by atoms with E-state index in [0.717, 1.165) is 28.7 Å². The van der Waals surface area contributed by atoms with E-state index in [4.69, 9.17) is 0 Å². The van der Waals surface area contributed by atoms with Gasteiger partial charge in [0.1, 0.15) is 17.1 Å². The molecule has 0 aromatic carbocycles. The maximum Gasteiger partial charge on any atom is 0.280 e. The number of carbonyl (C=O) groups is 1. The fourth-order valence-electron chi connectivity index (χ4n) is 2.72. The van der Waals surface area contributed by atoms with E-state index < -0.39 is 6.43 Å². The van der Waals surface area contributed by atoms with Crippen molar-refractivity contribution in [2.24, 2.45) is 7.05 Å². The van der Waals surface area contributed by atoms with Gasteiger partial charge in [-0.3, -0.25) is 9.48 Å². The molecule has 1 fully saturated rings. The van der Waals surface area contributed by atoms with E-state index in [-0.39, 0.29) is 23.0 Å². The number of carbonyl (C=O) groups excluding carboxylic acids is 1. The fraction of sp³-hybridized carbons (Fsp3) is 0.312. The van der Waals surface area contributed by atoms with Crippen LogP contribution in [0.15, 0.2) is 35.9 Å². The number of anilines is 1. The highest BCUT2D eigenvalue weighted by molar-refractivity contribution is 6.00. The SMILES string of the molecule is Cn1cc(CNC(=O)c2cnn3c2NC(=C2CC2)C=C3C(F)F)cn1. The first-order valence-corrected chi connectivity index (χ1v) is 7.86. The monoisotopic (exact) mass is 346 g/mol. The summed E-state index contributed by atoms with van der Waals surface area (Å²) in [4.78, 5) is 12.5. The summed E-state index contributed by atoms with van der Waals surface area (Å²) >= 11 is 0. The molecule has 1 saturated carbocycles. The van der Waals surface area contributed by atoms with Gasteiger partial charge < -0.3 is 10.6 Å². The molecular weight excluding hydrogens is 330 g/mol. The maximum atomic E-state index is 13.3. The van der Waals surface area contributed by atoms with Crippen molar-refractivity contribution in [3.05, 3.63) is 47.1 Å². The van der Waals surface area contributed by atoms with Crippen LogP contribution >= 0.6 is 0 Å². The normalized spacial score (nSPS) is 15.8. The molecule has 0 saturated heterocycles.